The molecule has 0 saturated heterocycles. The van der Waals surface area contributed by atoms with E-state index in [-0.39, 0.29) is 5.78 Å². The lowest BCUT2D eigenvalue weighted by Crippen LogP contribution is -2.06. The summed E-state index contributed by atoms with van der Waals surface area (Å²) in [6, 6.07) is 13.7. The Morgan fingerprint density at radius 2 is 2.00 bits per heavy atom. The van der Waals surface area contributed by atoms with E-state index >= 15 is 0 Å². The molecule has 104 valence electrons. The van der Waals surface area contributed by atoms with Crippen molar-refractivity contribution in [1.82, 2.24) is 0 Å². The van der Waals surface area contributed by atoms with E-state index in [1.807, 2.05) is 36.4 Å². The molecule has 2 rings (SSSR count). The quantitative estimate of drug-likeness (QED) is 0.664. The van der Waals surface area contributed by atoms with E-state index in [1.165, 1.54) is 5.56 Å². The number of Topliss-reactive ketones (excluding diaryl/α,β-unsaturated/α-hetero) is 1. The zero-order valence-corrected chi connectivity index (χ0v) is 14.2. The number of rotatable bonds is 5. The van der Waals surface area contributed by atoms with Crippen LogP contribution in [0.2, 0.25) is 5.02 Å². The molecule has 0 fully saturated rings. The highest BCUT2D eigenvalue weighted by atomic mass is 79.9. The number of hydrogen-bond acceptors (Lipinski definition) is 2. The van der Waals surface area contributed by atoms with Gasteiger partial charge in [0.2, 0.25) is 0 Å². The van der Waals surface area contributed by atoms with E-state index in [0.29, 0.717) is 17.2 Å². The molecule has 0 aliphatic rings. The maximum absolute atomic E-state index is 12.0. The van der Waals surface area contributed by atoms with Crippen molar-refractivity contribution in [2.24, 2.45) is 0 Å². The Hall–Kier alpha value is -0.770. The van der Waals surface area contributed by atoms with Crippen LogP contribution in [0, 0.1) is 6.92 Å². The summed E-state index contributed by atoms with van der Waals surface area (Å²) in [4.78, 5) is 13.2. The molecule has 0 heterocycles. The molecular weight excluding hydrogens is 356 g/mol. The molecule has 0 bridgehead atoms. The summed E-state index contributed by atoms with van der Waals surface area (Å²) < 4.78 is 0.924. The summed E-state index contributed by atoms with van der Waals surface area (Å²) in [6.45, 7) is 2.05. The van der Waals surface area contributed by atoms with Gasteiger partial charge in [-0.2, -0.15) is 0 Å². The number of carbonyl (C=O) groups is 1. The van der Waals surface area contributed by atoms with E-state index in [9.17, 15) is 4.79 Å². The summed E-state index contributed by atoms with van der Waals surface area (Å²) >= 11 is 11.1. The van der Waals surface area contributed by atoms with Gasteiger partial charge in [-0.15, -0.1) is 11.8 Å². The summed E-state index contributed by atoms with van der Waals surface area (Å²) in [6.07, 6.45) is 0.380. The van der Waals surface area contributed by atoms with Crippen LogP contribution < -0.4 is 0 Å². The standard InChI is InChI=1S/C16H14BrClOS/c1-11-4-2-3-5-16(11)20-10-14(19)8-12-6-7-13(17)9-15(12)18/h2-7,9H,8,10H2,1H3. The van der Waals surface area contributed by atoms with Gasteiger partial charge in [-0.05, 0) is 36.2 Å². The first kappa shape index (κ1) is 15.6. The fraction of sp³-hybridized carbons (Fsp3) is 0.188. The second kappa shape index (κ2) is 7.30. The van der Waals surface area contributed by atoms with Crippen LogP contribution in [0.3, 0.4) is 0 Å². The largest absolute Gasteiger partial charge is 0.298 e. The highest BCUT2D eigenvalue weighted by Gasteiger charge is 2.09. The Morgan fingerprint density at radius 3 is 2.70 bits per heavy atom. The molecule has 0 saturated carbocycles. The van der Waals surface area contributed by atoms with Crippen LogP contribution >= 0.6 is 39.3 Å². The highest BCUT2D eigenvalue weighted by Crippen LogP contribution is 2.24. The Labute approximate surface area is 136 Å². The van der Waals surface area contributed by atoms with E-state index < -0.39 is 0 Å². The minimum atomic E-state index is 0.183. The van der Waals surface area contributed by atoms with E-state index in [4.69, 9.17) is 11.6 Å². The number of benzene rings is 2. The van der Waals surface area contributed by atoms with Gasteiger partial charge in [-0.1, -0.05) is 51.8 Å². The average Bonchev–Trinajstić information content (AvgIpc) is 2.41. The van der Waals surface area contributed by atoms with Crippen molar-refractivity contribution in [2.45, 2.75) is 18.2 Å². The topological polar surface area (TPSA) is 17.1 Å². The molecule has 2 aromatic rings. The van der Waals surface area contributed by atoms with Crippen LogP contribution in [0.4, 0.5) is 0 Å². The average molecular weight is 370 g/mol. The molecule has 0 unspecified atom stereocenters. The molecule has 0 N–H and O–H groups in total. The highest BCUT2D eigenvalue weighted by molar-refractivity contribution is 9.10. The molecule has 0 radical (unpaired) electrons. The number of thioether (sulfide) groups is 1. The Bertz CT molecular complexity index is 628. The third-order valence-electron chi connectivity index (χ3n) is 2.88. The second-order valence-corrected chi connectivity index (χ2v) is 6.85. The van der Waals surface area contributed by atoms with Gasteiger partial charge in [-0.3, -0.25) is 4.79 Å². The van der Waals surface area contributed by atoms with Crippen molar-refractivity contribution in [3.63, 3.8) is 0 Å². The van der Waals surface area contributed by atoms with Crippen molar-refractivity contribution >= 4 is 45.1 Å². The maximum Gasteiger partial charge on any atom is 0.147 e. The van der Waals surface area contributed by atoms with Crippen LogP contribution in [0.1, 0.15) is 11.1 Å². The second-order valence-electron chi connectivity index (χ2n) is 4.51. The minimum absolute atomic E-state index is 0.183. The number of aryl methyl sites for hydroxylation is 1. The molecule has 0 spiro atoms. The van der Waals surface area contributed by atoms with Crippen LogP contribution in [-0.4, -0.2) is 11.5 Å². The van der Waals surface area contributed by atoms with E-state index in [0.717, 1.165) is 14.9 Å². The SMILES string of the molecule is Cc1ccccc1SCC(=O)Cc1ccc(Br)cc1Cl. The minimum Gasteiger partial charge on any atom is -0.298 e. The molecule has 4 heteroatoms. The van der Waals surface area contributed by atoms with Gasteiger partial charge in [0.1, 0.15) is 5.78 Å². The lowest BCUT2D eigenvalue weighted by Gasteiger charge is -2.06. The number of hydrogen-bond donors (Lipinski definition) is 0. The number of halogens is 2. The van der Waals surface area contributed by atoms with Crippen molar-refractivity contribution < 1.29 is 4.79 Å². The predicted molar refractivity (Wildman–Crippen MR) is 89.8 cm³/mol. The van der Waals surface area contributed by atoms with Gasteiger partial charge in [0, 0.05) is 20.8 Å². The Kier molecular flexibility index (Phi) is 5.70. The van der Waals surface area contributed by atoms with Crippen LogP contribution in [0.25, 0.3) is 0 Å². The normalized spacial score (nSPS) is 10.6. The van der Waals surface area contributed by atoms with Crippen LogP contribution in [0.15, 0.2) is 51.8 Å². The maximum atomic E-state index is 12.0. The van der Waals surface area contributed by atoms with Crippen molar-refractivity contribution in [1.29, 1.82) is 0 Å². The van der Waals surface area contributed by atoms with Crippen molar-refractivity contribution in [2.75, 3.05) is 5.75 Å². The summed E-state index contributed by atoms with van der Waals surface area (Å²) in [5, 5.41) is 0.633. The van der Waals surface area contributed by atoms with Gasteiger partial charge in [0.05, 0.1) is 5.75 Å². The lowest BCUT2D eigenvalue weighted by molar-refractivity contribution is -0.116. The molecule has 0 aliphatic heterocycles. The number of carbonyl (C=O) groups excluding carboxylic acids is 1. The molecule has 0 atom stereocenters. The van der Waals surface area contributed by atoms with Crippen molar-refractivity contribution in [3.05, 3.63) is 63.1 Å². The molecule has 20 heavy (non-hydrogen) atoms. The van der Waals surface area contributed by atoms with Crippen LogP contribution in [-0.2, 0) is 11.2 Å². The third-order valence-corrected chi connectivity index (χ3v) is 4.97. The predicted octanol–water partition coefficient (Wildman–Crippen LogP) is 5.31. The third kappa shape index (κ3) is 4.37. The fourth-order valence-corrected chi connectivity index (χ4v) is 3.43. The molecule has 0 aromatic heterocycles. The summed E-state index contributed by atoms with van der Waals surface area (Å²) in [7, 11) is 0. The van der Waals surface area contributed by atoms with Gasteiger partial charge in [0.25, 0.3) is 0 Å². The Balaban J connectivity index is 1.94. The monoisotopic (exact) mass is 368 g/mol. The van der Waals surface area contributed by atoms with Gasteiger partial charge < -0.3 is 0 Å². The smallest absolute Gasteiger partial charge is 0.147 e. The summed E-state index contributed by atoms with van der Waals surface area (Å²) in [5.41, 5.74) is 2.08. The zero-order chi connectivity index (χ0) is 14.5. The zero-order valence-electron chi connectivity index (χ0n) is 11.0. The first-order valence-electron chi connectivity index (χ1n) is 6.20. The molecular formula is C16H14BrClOS. The Morgan fingerprint density at radius 1 is 1.25 bits per heavy atom. The fourth-order valence-electron chi connectivity index (χ4n) is 1.81. The van der Waals surface area contributed by atoms with E-state index in [1.54, 1.807) is 11.8 Å². The van der Waals surface area contributed by atoms with E-state index in [2.05, 4.69) is 28.9 Å². The first-order valence-corrected chi connectivity index (χ1v) is 8.36. The van der Waals surface area contributed by atoms with Gasteiger partial charge in [0.15, 0.2) is 0 Å². The van der Waals surface area contributed by atoms with Gasteiger partial charge >= 0.3 is 0 Å². The molecule has 0 aliphatic carbocycles. The first-order chi connectivity index (χ1) is 9.56. The molecule has 1 nitrogen and oxygen atoms in total. The van der Waals surface area contributed by atoms with Crippen LogP contribution in [0.5, 0.6) is 0 Å². The molecule has 0 amide bonds. The lowest BCUT2D eigenvalue weighted by atomic mass is 10.1. The summed E-state index contributed by atoms with van der Waals surface area (Å²) in [5.74, 6) is 0.652. The number of ketones is 1. The van der Waals surface area contributed by atoms with Gasteiger partial charge in [-0.25, -0.2) is 0 Å². The van der Waals surface area contributed by atoms with Crippen molar-refractivity contribution in [3.8, 4) is 0 Å². The molecule has 2 aromatic carbocycles.